The van der Waals surface area contributed by atoms with Gasteiger partial charge in [0.1, 0.15) is 5.69 Å². The molecule has 0 atom stereocenters. The minimum atomic E-state index is -0.220. The third kappa shape index (κ3) is 4.55. The van der Waals surface area contributed by atoms with E-state index in [2.05, 4.69) is 10.4 Å². The Morgan fingerprint density at radius 3 is 2.25 bits per heavy atom. The molecule has 0 saturated carbocycles. The second-order valence-corrected chi connectivity index (χ2v) is 9.15. The lowest BCUT2D eigenvalue weighted by molar-refractivity contribution is 0.102. The molecule has 6 nitrogen and oxygen atoms in total. The molecule has 0 unspecified atom stereocenters. The number of aromatic nitrogens is 4. The standard InChI is InChI=1S/C29H26ClN5O/c1-19-27(21(3)34(32-19)18-22-11-10-14-24(30)17-22)31-29(36)26-20(2)35(25-15-8-5-9-16-25)33-28(26)23-12-6-4-7-13-23/h4-17H,18H2,1-3H3,(H,31,36). The molecule has 0 aliphatic carbocycles. The van der Waals surface area contributed by atoms with E-state index >= 15 is 0 Å². The Morgan fingerprint density at radius 2 is 1.56 bits per heavy atom. The summed E-state index contributed by atoms with van der Waals surface area (Å²) in [4.78, 5) is 13.8. The first kappa shape index (κ1) is 23.6. The molecule has 0 bridgehead atoms. The largest absolute Gasteiger partial charge is 0.319 e. The van der Waals surface area contributed by atoms with Crippen molar-refractivity contribution < 1.29 is 4.79 Å². The van der Waals surface area contributed by atoms with Crippen molar-refractivity contribution in [2.24, 2.45) is 0 Å². The fourth-order valence-corrected chi connectivity index (χ4v) is 4.62. The van der Waals surface area contributed by atoms with E-state index in [-0.39, 0.29) is 5.91 Å². The molecule has 3 aromatic carbocycles. The molecular formula is C29H26ClN5O. The number of aryl methyl sites for hydroxylation is 1. The predicted octanol–water partition coefficient (Wildman–Crippen LogP) is 6.62. The molecule has 5 aromatic rings. The highest BCUT2D eigenvalue weighted by atomic mass is 35.5. The summed E-state index contributed by atoms with van der Waals surface area (Å²) in [6, 6.07) is 27.3. The number of hydrogen-bond donors (Lipinski definition) is 1. The summed E-state index contributed by atoms with van der Waals surface area (Å²) in [7, 11) is 0. The lowest BCUT2D eigenvalue weighted by Crippen LogP contribution is -2.15. The highest BCUT2D eigenvalue weighted by Gasteiger charge is 2.25. The predicted molar refractivity (Wildman–Crippen MR) is 144 cm³/mol. The summed E-state index contributed by atoms with van der Waals surface area (Å²) < 4.78 is 3.70. The van der Waals surface area contributed by atoms with Crippen LogP contribution >= 0.6 is 11.6 Å². The van der Waals surface area contributed by atoms with Gasteiger partial charge in [0, 0.05) is 10.6 Å². The van der Waals surface area contributed by atoms with Gasteiger partial charge >= 0.3 is 0 Å². The number of carbonyl (C=O) groups excluding carboxylic acids is 1. The van der Waals surface area contributed by atoms with E-state index in [9.17, 15) is 4.79 Å². The SMILES string of the molecule is Cc1nn(Cc2cccc(Cl)c2)c(C)c1NC(=O)c1c(-c2ccccc2)nn(-c2ccccc2)c1C. The maximum atomic E-state index is 13.8. The van der Waals surface area contributed by atoms with Gasteiger partial charge < -0.3 is 5.32 Å². The molecule has 0 fully saturated rings. The number of hydrogen-bond acceptors (Lipinski definition) is 3. The minimum Gasteiger partial charge on any atom is -0.319 e. The summed E-state index contributed by atoms with van der Waals surface area (Å²) >= 11 is 6.16. The van der Waals surface area contributed by atoms with Crippen molar-refractivity contribution in [2.75, 3.05) is 5.32 Å². The van der Waals surface area contributed by atoms with Crippen molar-refractivity contribution >= 4 is 23.2 Å². The molecule has 0 saturated heterocycles. The van der Waals surface area contributed by atoms with Gasteiger partial charge in [0.05, 0.1) is 40.6 Å². The summed E-state index contributed by atoms with van der Waals surface area (Å²) in [6.07, 6.45) is 0. The lowest BCUT2D eigenvalue weighted by Gasteiger charge is -2.09. The van der Waals surface area contributed by atoms with Crippen LogP contribution in [0.5, 0.6) is 0 Å². The third-order valence-electron chi connectivity index (χ3n) is 6.23. The number of rotatable bonds is 6. The van der Waals surface area contributed by atoms with Crippen LogP contribution in [0.2, 0.25) is 5.02 Å². The number of nitrogens with zero attached hydrogens (tertiary/aromatic N) is 4. The summed E-state index contributed by atoms with van der Waals surface area (Å²) in [5.41, 5.74) is 7.07. The Morgan fingerprint density at radius 1 is 0.861 bits per heavy atom. The molecule has 180 valence electrons. The van der Waals surface area contributed by atoms with E-state index < -0.39 is 0 Å². The van der Waals surface area contributed by atoms with Crippen LogP contribution < -0.4 is 5.32 Å². The van der Waals surface area contributed by atoms with E-state index in [4.69, 9.17) is 16.7 Å². The molecule has 0 radical (unpaired) electrons. The van der Waals surface area contributed by atoms with E-state index in [1.54, 1.807) is 0 Å². The van der Waals surface area contributed by atoms with Crippen LogP contribution in [-0.4, -0.2) is 25.5 Å². The van der Waals surface area contributed by atoms with Gasteiger partial charge in [-0.05, 0) is 50.6 Å². The van der Waals surface area contributed by atoms with Crippen molar-refractivity contribution in [3.05, 3.63) is 118 Å². The zero-order valence-electron chi connectivity index (χ0n) is 20.4. The molecular weight excluding hydrogens is 470 g/mol. The molecule has 0 aliphatic rings. The van der Waals surface area contributed by atoms with Gasteiger partial charge in [0.25, 0.3) is 5.91 Å². The van der Waals surface area contributed by atoms with Gasteiger partial charge in [-0.2, -0.15) is 10.2 Å². The van der Waals surface area contributed by atoms with Gasteiger partial charge in [-0.1, -0.05) is 72.3 Å². The number of para-hydroxylation sites is 1. The Kier molecular flexibility index (Phi) is 6.44. The number of anilines is 1. The van der Waals surface area contributed by atoms with Gasteiger partial charge in [0.15, 0.2) is 0 Å². The van der Waals surface area contributed by atoms with Gasteiger partial charge in [-0.3, -0.25) is 9.48 Å². The topological polar surface area (TPSA) is 64.7 Å². The van der Waals surface area contributed by atoms with Crippen molar-refractivity contribution in [3.8, 4) is 16.9 Å². The monoisotopic (exact) mass is 495 g/mol. The molecule has 1 amide bonds. The zero-order chi connectivity index (χ0) is 25.2. The molecule has 2 heterocycles. The maximum Gasteiger partial charge on any atom is 0.259 e. The first-order valence-electron chi connectivity index (χ1n) is 11.7. The number of nitrogens with one attached hydrogen (secondary N) is 1. The number of halogens is 1. The van der Waals surface area contributed by atoms with Gasteiger partial charge in [-0.25, -0.2) is 4.68 Å². The van der Waals surface area contributed by atoms with Crippen LogP contribution in [0, 0.1) is 20.8 Å². The van der Waals surface area contributed by atoms with E-state index in [0.717, 1.165) is 33.9 Å². The molecule has 1 N–H and O–H groups in total. The van der Waals surface area contributed by atoms with Crippen molar-refractivity contribution in [1.29, 1.82) is 0 Å². The van der Waals surface area contributed by atoms with Gasteiger partial charge in [0.2, 0.25) is 0 Å². The average Bonchev–Trinajstić information content (AvgIpc) is 3.36. The molecule has 7 heteroatoms. The Hall–Kier alpha value is -4.16. The van der Waals surface area contributed by atoms with E-state index in [1.165, 1.54) is 0 Å². The smallest absolute Gasteiger partial charge is 0.259 e. The quantitative estimate of drug-likeness (QED) is 0.288. The van der Waals surface area contributed by atoms with Crippen molar-refractivity contribution in [2.45, 2.75) is 27.3 Å². The lowest BCUT2D eigenvalue weighted by atomic mass is 10.1. The normalized spacial score (nSPS) is 11.0. The Bertz CT molecular complexity index is 1540. The fourth-order valence-electron chi connectivity index (χ4n) is 4.41. The van der Waals surface area contributed by atoms with Crippen LogP contribution in [0.3, 0.4) is 0 Å². The second kappa shape index (κ2) is 9.84. The number of amides is 1. The van der Waals surface area contributed by atoms with E-state index in [1.807, 2.05) is 115 Å². The zero-order valence-corrected chi connectivity index (χ0v) is 21.1. The van der Waals surface area contributed by atoms with Gasteiger partial charge in [-0.15, -0.1) is 0 Å². The first-order chi connectivity index (χ1) is 17.4. The Balaban J connectivity index is 1.52. The Labute approximate surface area is 215 Å². The van der Waals surface area contributed by atoms with Crippen LogP contribution in [0.1, 0.15) is 33.0 Å². The average molecular weight is 496 g/mol. The van der Waals surface area contributed by atoms with Crippen LogP contribution in [0.15, 0.2) is 84.9 Å². The second-order valence-electron chi connectivity index (χ2n) is 8.71. The van der Waals surface area contributed by atoms with Crippen molar-refractivity contribution in [1.82, 2.24) is 19.6 Å². The summed E-state index contributed by atoms with van der Waals surface area (Å²) in [6.45, 7) is 6.33. The van der Waals surface area contributed by atoms with Crippen LogP contribution in [0.25, 0.3) is 16.9 Å². The minimum absolute atomic E-state index is 0.220. The first-order valence-corrected chi connectivity index (χ1v) is 12.1. The number of carbonyl (C=O) groups is 1. The van der Waals surface area contributed by atoms with Crippen LogP contribution in [-0.2, 0) is 6.54 Å². The fraction of sp³-hybridized carbons (Fsp3) is 0.138. The number of benzene rings is 3. The molecule has 0 aliphatic heterocycles. The highest BCUT2D eigenvalue weighted by Crippen LogP contribution is 2.29. The van der Waals surface area contributed by atoms with Crippen LogP contribution in [0.4, 0.5) is 5.69 Å². The molecule has 2 aromatic heterocycles. The van der Waals surface area contributed by atoms with E-state index in [0.29, 0.717) is 28.5 Å². The highest BCUT2D eigenvalue weighted by molar-refractivity contribution is 6.30. The maximum absolute atomic E-state index is 13.8. The summed E-state index contributed by atoms with van der Waals surface area (Å²) in [5, 5.41) is 13.3. The van der Waals surface area contributed by atoms with Crippen molar-refractivity contribution in [3.63, 3.8) is 0 Å². The summed E-state index contributed by atoms with van der Waals surface area (Å²) in [5.74, 6) is -0.220. The third-order valence-corrected chi connectivity index (χ3v) is 6.47. The molecule has 5 rings (SSSR count). The molecule has 0 spiro atoms. The molecule has 36 heavy (non-hydrogen) atoms.